The maximum atomic E-state index is 13.5. The van der Waals surface area contributed by atoms with Crippen molar-refractivity contribution in [2.75, 3.05) is 28.2 Å². The Balaban J connectivity index is 1.51. The molecule has 0 saturated carbocycles. The Hall–Kier alpha value is -4.37. The van der Waals surface area contributed by atoms with Gasteiger partial charge in [-0.2, -0.15) is 5.26 Å². The second kappa shape index (κ2) is 8.87. The molecule has 3 aromatic rings. The molecule has 0 atom stereocenters. The minimum absolute atomic E-state index is 0.243. The van der Waals surface area contributed by atoms with Gasteiger partial charge in [-0.1, -0.05) is 29.8 Å². The van der Waals surface area contributed by atoms with Crippen LogP contribution in [-0.4, -0.2) is 24.9 Å². The van der Waals surface area contributed by atoms with Crippen molar-refractivity contribution in [3.63, 3.8) is 0 Å². The average Bonchev–Trinajstić information content (AvgIpc) is 3.48. The standard InChI is InChI=1S/C28H24N4O2/c1-19-4-8-21(9-5-19)25-26(30-22-10-14-23(15-11-22)31-16-2-3-17-31)28(34)32(27(25)33)24-12-6-20(18-29)7-13-24/h4-15,30H,2-3,16-17H2,1H3. The van der Waals surface area contributed by atoms with Gasteiger partial charge in [-0.15, -0.1) is 0 Å². The SMILES string of the molecule is Cc1ccc(C2=C(Nc3ccc(N4CCCC4)cc3)C(=O)N(c3ccc(C#N)cc3)C2=O)cc1. The van der Waals surface area contributed by atoms with Crippen molar-refractivity contribution in [2.24, 2.45) is 0 Å². The summed E-state index contributed by atoms with van der Waals surface area (Å²) in [6, 6.07) is 24.0. The lowest BCUT2D eigenvalue weighted by molar-refractivity contribution is -0.120. The van der Waals surface area contributed by atoms with Crippen molar-refractivity contribution in [3.8, 4) is 6.07 Å². The Kier molecular flexibility index (Phi) is 5.60. The van der Waals surface area contributed by atoms with Crippen LogP contribution in [0.2, 0.25) is 0 Å². The van der Waals surface area contributed by atoms with Gasteiger partial charge in [-0.3, -0.25) is 9.59 Å². The number of nitrogens with zero attached hydrogens (tertiary/aromatic N) is 3. The van der Waals surface area contributed by atoms with Crippen molar-refractivity contribution < 1.29 is 9.59 Å². The smallest absolute Gasteiger partial charge is 0.282 e. The zero-order valence-electron chi connectivity index (χ0n) is 18.9. The van der Waals surface area contributed by atoms with Gasteiger partial charge in [0.15, 0.2) is 0 Å². The first-order valence-electron chi connectivity index (χ1n) is 11.4. The van der Waals surface area contributed by atoms with E-state index in [9.17, 15) is 9.59 Å². The number of hydrogen-bond acceptors (Lipinski definition) is 5. The van der Waals surface area contributed by atoms with Crippen LogP contribution in [0.15, 0.2) is 78.5 Å². The van der Waals surface area contributed by atoms with Crippen LogP contribution < -0.4 is 15.1 Å². The van der Waals surface area contributed by atoms with Gasteiger partial charge in [0, 0.05) is 24.5 Å². The molecule has 6 nitrogen and oxygen atoms in total. The van der Waals surface area contributed by atoms with Crippen LogP contribution in [0.5, 0.6) is 0 Å². The van der Waals surface area contributed by atoms with E-state index in [0.29, 0.717) is 22.4 Å². The molecule has 1 fully saturated rings. The molecule has 0 unspecified atom stereocenters. The van der Waals surface area contributed by atoms with E-state index in [1.165, 1.54) is 12.8 Å². The Labute approximate surface area is 198 Å². The molecule has 1 saturated heterocycles. The van der Waals surface area contributed by atoms with E-state index < -0.39 is 11.8 Å². The number of aryl methyl sites for hydroxylation is 1. The number of rotatable bonds is 5. The van der Waals surface area contributed by atoms with Gasteiger partial charge in [0.25, 0.3) is 11.8 Å². The normalized spacial score (nSPS) is 15.8. The molecule has 168 valence electrons. The molecule has 0 aromatic heterocycles. The summed E-state index contributed by atoms with van der Waals surface area (Å²) < 4.78 is 0. The lowest BCUT2D eigenvalue weighted by atomic mass is 10.0. The predicted octanol–water partition coefficient (Wildman–Crippen LogP) is 4.86. The van der Waals surface area contributed by atoms with Gasteiger partial charge in [-0.25, -0.2) is 4.90 Å². The summed E-state index contributed by atoms with van der Waals surface area (Å²) >= 11 is 0. The minimum Gasteiger partial charge on any atom is -0.372 e. The number of benzene rings is 3. The van der Waals surface area contributed by atoms with E-state index in [1.54, 1.807) is 24.3 Å². The number of anilines is 3. The largest absolute Gasteiger partial charge is 0.372 e. The Morgan fingerprint density at radius 2 is 1.41 bits per heavy atom. The summed E-state index contributed by atoms with van der Waals surface area (Å²) in [5.41, 5.74) is 5.11. The van der Waals surface area contributed by atoms with Gasteiger partial charge >= 0.3 is 0 Å². The van der Waals surface area contributed by atoms with Crippen molar-refractivity contribution >= 4 is 34.4 Å². The van der Waals surface area contributed by atoms with Crippen LogP contribution in [-0.2, 0) is 9.59 Å². The highest BCUT2D eigenvalue weighted by Gasteiger charge is 2.40. The quantitative estimate of drug-likeness (QED) is 0.564. The predicted molar refractivity (Wildman–Crippen MR) is 133 cm³/mol. The number of carbonyl (C=O) groups is 2. The summed E-state index contributed by atoms with van der Waals surface area (Å²) in [6.07, 6.45) is 2.41. The third-order valence-corrected chi connectivity index (χ3v) is 6.29. The third kappa shape index (κ3) is 3.93. The second-order valence-corrected chi connectivity index (χ2v) is 8.59. The van der Waals surface area contributed by atoms with Crippen molar-refractivity contribution in [1.29, 1.82) is 5.26 Å². The van der Waals surface area contributed by atoms with Gasteiger partial charge in [-0.05, 0) is 73.9 Å². The first kappa shape index (κ1) is 21.5. The van der Waals surface area contributed by atoms with Crippen LogP contribution in [0, 0.1) is 18.3 Å². The third-order valence-electron chi connectivity index (χ3n) is 6.29. The summed E-state index contributed by atoms with van der Waals surface area (Å²) in [6.45, 7) is 4.09. The average molecular weight is 449 g/mol. The summed E-state index contributed by atoms with van der Waals surface area (Å²) in [7, 11) is 0. The molecule has 2 aliphatic rings. The highest BCUT2D eigenvalue weighted by Crippen LogP contribution is 2.34. The van der Waals surface area contributed by atoms with Crippen molar-refractivity contribution in [2.45, 2.75) is 19.8 Å². The van der Waals surface area contributed by atoms with E-state index >= 15 is 0 Å². The number of carbonyl (C=O) groups excluding carboxylic acids is 2. The molecule has 0 spiro atoms. The Bertz CT molecular complexity index is 1310. The number of imide groups is 1. The molecular weight excluding hydrogens is 424 g/mol. The van der Waals surface area contributed by atoms with E-state index in [-0.39, 0.29) is 5.70 Å². The number of nitrogens with one attached hydrogen (secondary N) is 1. The molecule has 2 heterocycles. The zero-order valence-corrected chi connectivity index (χ0v) is 18.9. The van der Waals surface area contributed by atoms with E-state index in [4.69, 9.17) is 5.26 Å². The molecular formula is C28H24N4O2. The Morgan fingerprint density at radius 1 is 0.794 bits per heavy atom. The second-order valence-electron chi connectivity index (χ2n) is 8.59. The maximum Gasteiger partial charge on any atom is 0.282 e. The van der Waals surface area contributed by atoms with Crippen LogP contribution in [0.25, 0.3) is 5.57 Å². The molecule has 0 bridgehead atoms. The van der Waals surface area contributed by atoms with Crippen LogP contribution in [0.3, 0.4) is 0 Å². The lowest BCUT2D eigenvalue weighted by Crippen LogP contribution is -2.32. The highest BCUT2D eigenvalue weighted by molar-refractivity contribution is 6.46. The van der Waals surface area contributed by atoms with Gasteiger partial charge < -0.3 is 10.2 Å². The van der Waals surface area contributed by atoms with Gasteiger partial charge in [0.2, 0.25) is 0 Å². The fourth-order valence-corrected chi connectivity index (χ4v) is 4.43. The maximum absolute atomic E-state index is 13.5. The van der Waals surface area contributed by atoms with Crippen molar-refractivity contribution in [3.05, 3.63) is 95.2 Å². The van der Waals surface area contributed by atoms with Crippen LogP contribution in [0.4, 0.5) is 17.1 Å². The molecule has 2 amide bonds. The topological polar surface area (TPSA) is 76.4 Å². The summed E-state index contributed by atoms with van der Waals surface area (Å²) in [5.74, 6) is -0.816. The molecule has 6 heteroatoms. The minimum atomic E-state index is -0.422. The summed E-state index contributed by atoms with van der Waals surface area (Å²) in [5, 5.41) is 12.3. The molecule has 1 N–H and O–H groups in total. The van der Waals surface area contributed by atoms with E-state index in [1.807, 2.05) is 55.5 Å². The first-order chi connectivity index (χ1) is 16.5. The molecule has 0 radical (unpaired) electrons. The van der Waals surface area contributed by atoms with Crippen molar-refractivity contribution in [1.82, 2.24) is 0 Å². The molecule has 34 heavy (non-hydrogen) atoms. The highest BCUT2D eigenvalue weighted by atomic mass is 16.2. The van der Waals surface area contributed by atoms with Crippen LogP contribution >= 0.6 is 0 Å². The van der Waals surface area contributed by atoms with Gasteiger partial charge in [0.05, 0.1) is 22.9 Å². The number of nitriles is 1. The van der Waals surface area contributed by atoms with Crippen LogP contribution in [0.1, 0.15) is 29.5 Å². The lowest BCUT2D eigenvalue weighted by Gasteiger charge is -2.18. The molecule has 5 rings (SSSR count). The molecule has 0 aliphatic carbocycles. The summed E-state index contributed by atoms with van der Waals surface area (Å²) in [4.78, 5) is 30.5. The molecule has 3 aromatic carbocycles. The first-order valence-corrected chi connectivity index (χ1v) is 11.4. The van der Waals surface area contributed by atoms with Gasteiger partial charge in [0.1, 0.15) is 5.70 Å². The Morgan fingerprint density at radius 3 is 2.03 bits per heavy atom. The number of hydrogen-bond donors (Lipinski definition) is 1. The monoisotopic (exact) mass is 448 g/mol. The fourth-order valence-electron chi connectivity index (χ4n) is 4.43. The van der Waals surface area contributed by atoms with E-state index in [2.05, 4.69) is 16.3 Å². The molecule has 2 aliphatic heterocycles. The number of amides is 2. The zero-order chi connectivity index (χ0) is 23.7. The fraction of sp³-hybridized carbons (Fsp3) is 0.179. The van der Waals surface area contributed by atoms with E-state index in [0.717, 1.165) is 34.9 Å².